The van der Waals surface area contributed by atoms with E-state index in [4.69, 9.17) is 18.3 Å². The molecule has 0 unspecified atom stereocenters. The summed E-state index contributed by atoms with van der Waals surface area (Å²) in [6, 6.07) is 17.9. The highest BCUT2D eigenvalue weighted by Crippen LogP contribution is 2.39. The van der Waals surface area contributed by atoms with Gasteiger partial charge in [-0.1, -0.05) is 36.4 Å². The first kappa shape index (κ1) is 20.1. The number of carboxylic acid groups (broad SMARTS) is 1. The molecule has 5 aromatic rings. The Bertz CT molecular complexity index is 1630. The van der Waals surface area contributed by atoms with Crippen LogP contribution in [0.5, 0.6) is 11.5 Å². The van der Waals surface area contributed by atoms with Gasteiger partial charge in [0.1, 0.15) is 36.4 Å². The van der Waals surface area contributed by atoms with E-state index < -0.39 is 5.97 Å². The van der Waals surface area contributed by atoms with Crippen LogP contribution in [0.15, 0.2) is 80.6 Å². The summed E-state index contributed by atoms with van der Waals surface area (Å²) in [6.45, 7) is 0.923. The maximum atomic E-state index is 13.5. The molecular formula is C27H18O7. The number of benzene rings is 3. The molecule has 7 heteroatoms. The molecule has 1 aliphatic rings. The van der Waals surface area contributed by atoms with Crippen LogP contribution in [0.4, 0.5) is 0 Å². The molecule has 3 heterocycles. The van der Waals surface area contributed by atoms with Crippen molar-refractivity contribution in [1.82, 2.24) is 0 Å². The Balaban J connectivity index is 1.58. The number of furan rings is 1. The van der Waals surface area contributed by atoms with Crippen molar-refractivity contribution in [2.24, 2.45) is 0 Å². The first-order chi connectivity index (χ1) is 16.6. The standard InChI is InChI=1S/C27H18O7/c28-23(29)13-18-24-21(34-26(18)15-4-2-1-3-5-15)9-7-17-25(30)19(14-33-27(17)24)16-6-8-20-22(12-16)32-11-10-31-20/h1-9,12,14H,10-11,13H2,(H,28,29). The second-order valence-electron chi connectivity index (χ2n) is 8.00. The van der Waals surface area contributed by atoms with E-state index in [9.17, 15) is 14.7 Å². The van der Waals surface area contributed by atoms with Crippen molar-refractivity contribution in [1.29, 1.82) is 0 Å². The lowest BCUT2D eigenvalue weighted by Crippen LogP contribution is -2.15. The molecule has 0 saturated carbocycles. The molecular weight excluding hydrogens is 436 g/mol. The van der Waals surface area contributed by atoms with Crippen molar-refractivity contribution < 1.29 is 28.2 Å². The molecule has 6 rings (SSSR count). The van der Waals surface area contributed by atoms with Crippen LogP contribution in [0.3, 0.4) is 0 Å². The Morgan fingerprint density at radius 2 is 1.71 bits per heavy atom. The van der Waals surface area contributed by atoms with Gasteiger partial charge < -0.3 is 23.4 Å². The van der Waals surface area contributed by atoms with Crippen LogP contribution >= 0.6 is 0 Å². The molecule has 0 aliphatic carbocycles. The van der Waals surface area contributed by atoms with Gasteiger partial charge in [0.15, 0.2) is 11.5 Å². The first-order valence-corrected chi connectivity index (χ1v) is 10.8. The molecule has 2 aromatic heterocycles. The Kier molecular flexibility index (Phi) is 4.62. The lowest BCUT2D eigenvalue weighted by Gasteiger charge is -2.18. The molecule has 0 amide bonds. The van der Waals surface area contributed by atoms with E-state index in [1.165, 1.54) is 6.26 Å². The van der Waals surface area contributed by atoms with Crippen LogP contribution in [-0.4, -0.2) is 24.3 Å². The van der Waals surface area contributed by atoms with Gasteiger partial charge in [-0.25, -0.2) is 0 Å². The summed E-state index contributed by atoms with van der Waals surface area (Å²) in [6.07, 6.45) is 1.12. The fraction of sp³-hybridized carbons (Fsp3) is 0.111. The predicted octanol–water partition coefficient (Wildman–Crippen LogP) is 5.27. The topological polar surface area (TPSA) is 99.1 Å². The molecule has 1 aliphatic heterocycles. The summed E-state index contributed by atoms with van der Waals surface area (Å²) in [5, 5.41) is 10.4. The van der Waals surface area contributed by atoms with Crippen molar-refractivity contribution in [2.45, 2.75) is 6.42 Å². The SMILES string of the molecule is O=C(O)Cc1c(-c2ccccc2)oc2ccc3c(=O)c(-c4ccc5c(c4)OCCO5)coc3c12. The predicted molar refractivity (Wildman–Crippen MR) is 125 cm³/mol. The zero-order valence-corrected chi connectivity index (χ0v) is 17.9. The van der Waals surface area contributed by atoms with Crippen LogP contribution in [0.2, 0.25) is 0 Å². The van der Waals surface area contributed by atoms with E-state index in [1.807, 2.05) is 30.3 Å². The van der Waals surface area contributed by atoms with Gasteiger partial charge in [-0.2, -0.15) is 0 Å². The number of rotatable bonds is 4. The van der Waals surface area contributed by atoms with Crippen molar-refractivity contribution in [3.8, 4) is 33.9 Å². The summed E-state index contributed by atoms with van der Waals surface area (Å²) in [7, 11) is 0. The number of carboxylic acids is 1. The quantitative estimate of drug-likeness (QED) is 0.395. The maximum absolute atomic E-state index is 13.5. The van der Waals surface area contributed by atoms with Crippen LogP contribution < -0.4 is 14.9 Å². The number of carbonyl (C=O) groups is 1. The number of hydrogen-bond donors (Lipinski definition) is 1. The molecule has 7 nitrogen and oxygen atoms in total. The van der Waals surface area contributed by atoms with E-state index in [0.717, 1.165) is 5.56 Å². The lowest BCUT2D eigenvalue weighted by molar-refractivity contribution is -0.136. The van der Waals surface area contributed by atoms with Crippen LogP contribution in [-0.2, 0) is 11.2 Å². The third-order valence-corrected chi connectivity index (χ3v) is 5.91. The van der Waals surface area contributed by atoms with E-state index in [2.05, 4.69) is 0 Å². The van der Waals surface area contributed by atoms with Gasteiger partial charge >= 0.3 is 5.97 Å². The maximum Gasteiger partial charge on any atom is 0.307 e. The zero-order chi connectivity index (χ0) is 23.2. The minimum atomic E-state index is -1.01. The summed E-state index contributed by atoms with van der Waals surface area (Å²) in [5.41, 5.74) is 2.75. The zero-order valence-electron chi connectivity index (χ0n) is 17.9. The Morgan fingerprint density at radius 3 is 2.50 bits per heavy atom. The van der Waals surface area contributed by atoms with Crippen molar-refractivity contribution >= 4 is 27.9 Å². The minimum absolute atomic E-state index is 0.233. The van der Waals surface area contributed by atoms with E-state index >= 15 is 0 Å². The Hall–Kier alpha value is -4.52. The smallest absolute Gasteiger partial charge is 0.307 e. The fourth-order valence-corrected chi connectivity index (χ4v) is 4.39. The summed E-state index contributed by atoms with van der Waals surface area (Å²) in [5.74, 6) is 0.646. The van der Waals surface area contributed by atoms with Crippen LogP contribution in [0, 0.1) is 0 Å². The number of ether oxygens (including phenoxy) is 2. The van der Waals surface area contributed by atoms with Crippen molar-refractivity contribution in [2.75, 3.05) is 13.2 Å². The van der Waals surface area contributed by atoms with Gasteiger partial charge in [0.25, 0.3) is 0 Å². The Morgan fingerprint density at radius 1 is 0.912 bits per heavy atom. The third-order valence-electron chi connectivity index (χ3n) is 5.91. The highest BCUT2D eigenvalue weighted by atomic mass is 16.6. The largest absolute Gasteiger partial charge is 0.486 e. The summed E-state index contributed by atoms with van der Waals surface area (Å²) >= 11 is 0. The molecule has 0 radical (unpaired) electrons. The molecule has 0 saturated heterocycles. The number of aliphatic carboxylic acids is 1. The average Bonchev–Trinajstić information content (AvgIpc) is 3.22. The monoisotopic (exact) mass is 454 g/mol. The summed E-state index contributed by atoms with van der Waals surface area (Å²) in [4.78, 5) is 25.2. The molecule has 3 aromatic carbocycles. The van der Waals surface area contributed by atoms with Gasteiger partial charge in [-0.15, -0.1) is 0 Å². The number of fused-ring (bicyclic) bond motifs is 4. The lowest BCUT2D eigenvalue weighted by atomic mass is 10.00. The molecule has 34 heavy (non-hydrogen) atoms. The second kappa shape index (κ2) is 7.81. The van der Waals surface area contributed by atoms with E-state index in [1.54, 1.807) is 30.3 Å². The molecule has 1 N–H and O–H groups in total. The summed E-state index contributed by atoms with van der Waals surface area (Å²) < 4.78 is 23.2. The normalized spacial score (nSPS) is 12.8. The van der Waals surface area contributed by atoms with Gasteiger partial charge in [0.2, 0.25) is 5.43 Å². The number of hydrogen-bond acceptors (Lipinski definition) is 6. The van der Waals surface area contributed by atoms with Crippen LogP contribution in [0.1, 0.15) is 5.56 Å². The molecule has 0 bridgehead atoms. The van der Waals surface area contributed by atoms with Gasteiger partial charge in [-0.05, 0) is 29.8 Å². The highest BCUT2D eigenvalue weighted by molar-refractivity contribution is 6.07. The first-order valence-electron chi connectivity index (χ1n) is 10.8. The second-order valence-corrected chi connectivity index (χ2v) is 8.00. The average molecular weight is 454 g/mol. The van der Waals surface area contributed by atoms with Gasteiger partial charge in [-0.3, -0.25) is 9.59 Å². The van der Waals surface area contributed by atoms with Gasteiger partial charge in [0, 0.05) is 11.1 Å². The molecule has 0 fully saturated rings. The highest BCUT2D eigenvalue weighted by Gasteiger charge is 2.23. The fourth-order valence-electron chi connectivity index (χ4n) is 4.39. The van der Waals surface area contributed by atoms with Crippen molar-refractivity contribution in [3.05, 3.63) is 82.7 Å². The van der Waals surface area contributed by atoms with E-state index in [0.29, 0.717) is 69.1 Å². The molecule has 0 spiro atoms. The minimum Gasteiger partial charge on any atom is -0.486 e. The van der Waals surface area contributed by atoms with E-state index in [-0.39, 0.29) is 11.8 Å². The molecule has 0 atom stereocenters. The third kappa shape index (κ3) is 3.21. The van der Waals surface area contributed by atoms with Crippen LogP contribution in [0.25, 0.3) is 44.4 Å². The molecule has 168 valence electrons. The van der Waals surface area contributed by atoms with Crippen molar-refractivity contribution in [3.63, 3.8) is 0 Å². The Labute approximate surface area is 192 Å². The van der Waals surface area contributed by atoms with Gasteiger partial charge in [0.05, 0.1) is 22.8 Å².